The first-order valence-electron chi connectivity index (χ1n) is 7.10. The Morgan fingerprint density at radius 2 is 1.81 bits per heavy atom. The maximum Gasteiger partial charge on any atom is 0.0581 e. The summed E-state index contributed by atoms with van der Waals surface area (Å²) in [5, 5.41) is 12.4. The molecule has 1 aliphatic carbocycles. The molecule has 2 heteroatoms. The third-order valence-corrected chi connectivity index (χ3v) is 3.96. The van der Waals surface area contributed by atoms with Crippen molar-refractivity contribution in [2.45, 2.75) is 64.8 Å². The Hall–Kier alpha value is -0.0800. The molecule has 1 fully saturated rings. The number of rotatable bonds is 7. The summed E-state index contributed by atoms with van der Waals surface area (Å²) in [4.78, 5) is 0. The van der Waals surface area contributed by atoms with E-state index in [1.807, 2.05) is 6.92 Å². The Kier molecular flexibility index (Phi) is 7.06. The zero-order valence-electron chi connectivity index (χ0n) is 11.0. The second kappa shape index (κ2) is 8.08. The van der Waals surface area contributed by atoms with Gasteiger partial charge in [-0.25, -0.2) is 0 Å². The minimum atomic E-state index is 0.256. The Morgan fingerprint density at radius 1 is 1.19 bits per heavy atom. The molecule has 0 aliphatic heterocycles. The van der Waals surface area contributed by atoms with Gasteiger partial charge in [-0.15, -0.1) is 0 Å². The van der Waals surface area contributed by atoms with Crippen molar-refractivity contribution < 1.29 is 5.11 Å². The minimum absolute atomic E-state index is 0.256. The van der Waals surface area contributed by atoms with Gasteiger partial charge in [0.1, 0.15) is 0 Å². The Labute approximate surface area is 101 Å². The highest BCUT2D eigenvalue weighted by Crippen LogP contribution is 2.31. The number of unbranched alkanes of at least 4 members (excludes halogenated alkanes) is 1. The van der Waals surface area contributed by atoms with E-state index in [1.165, 1.54) is 44.9 Å². The van der Waals surface area contributed by atoms with Crippen molar-refractivity contribution in [3.63, 3.8) is 0 Å². The Balaban J connectivity index is 2.07. The molecular weight excluding hydrogens is 198 g/mol. The van der Waals surface area contributed by atoms with Crippen molar-refractivity contribution in [3.05, 3.63) is 0 Å². The molecule has 1 rings (SSSR count). The van der Waals surface area contributed by atoms with Crippen molar-refractivity contribution in [1.82, 2.24) is 5.32 Å². The van der Waals surface area contributed by atoms with Crippen molar-refractivity contribution in [3.8, 4) is 0 Å². The number of nitrogens with one attached hydrogen (secondary N) is 1. The quantitative estimate of drug-likeness (QED) is 0.701. The highest BCUT2D eigenvalue weighted by Gasteiger charge is 2.20. The van der Waals surface area contributed by atoms with Crippen molar-refractivity contribution in [2.75, 3.05) is 13.2 Å². The minimum Gasteiger partial charge on any atom is -0.395 e. The zero-order chi connectivity index (χ0) is 11.8. The van der Waals surface area contributed by atoms with E-state index in [9.17, 15) is 0 Å². The summed E-state index contributed by atoms with van der Waals surface area (Å²) in [6, 6.07) is 0.262. The van der Waals surface area contributed by atoms with Gasteiger partial charge in [0.05, 0.1) is 6.61 Å². The zero-order valence-corrected chi connectivity index (χ0v) is 11.0. The lowest BCUT2D eigenvalue weighted by Gasteiger charge is -2.29. The van der Waals surface area contributed by atoms with Gasteiger partial charge in [0, 0.05) is 6.04 Å². The van der Waals surface area contributed by atoms with E-state index in [1.54, 1.807) is 0 Å². The van der Waals surface area contributed by atoms with Crippen LogP contribution in [0.2, 0.25) is 0 Å². The third kappa shape index (κ3) is 5.31. The van der Waals surface area contributed by atoms with Gasteiger partial charge in [-0.05, 0) is 38.1 Å². The van der Waals surface area contributed by atoms with Crippen LogP contribution in [-0.2, 0) is 0 Å². The highest BCUT2D eigenvalue weighted by atomic mass is 16.3. The van der Waals surface area contributed by atoms with Crippen LogP contribution >= 0.6 is 0 Å². The van der Waals surface area contributed by atoms with E-state index in [-0.39, 0.29) is 12.6 Å². The molecule has 2 nitrogen and oxygen atoms in total. The molecule has 96 valence electrons. The first-order chi connectivity index (χ1) is 7.76. The summed E-state index contributed by atoms with van der Waals surface area (Å²) in [6.45, 7) is 5.69. The Bertz CT molecular complexity index is 164. The number of aliphatic hydroxyl groups is 1. The molecule has 1 saturated carbocycles. The fraction of sp³-hybridized carbons (Fsp3) is 1.00. The van der Waals surface area contributed by atoms with Gasteiger partial charge in [-0.3, -0.25) is 0 Å². The number of aliphatic hydroxyl groups excluding tert-OH is 1. The molecule has 0 aromatic heterocycles. The van der Waals surface area contributed by atoms with Crippen LogP contribution in [0, 0.1) is 11.8 Å². The van der Waals surface area contributed by atoms with Crippen LogP contribution in [-0.4, -0.2) is 24.3 Å². The molecule has 0 amide bonds. The SMILES string of the molecule is CCCCC1CCC(CNC(C)CO)CC1. The van der Waals surface area contributed by atoms with Crippen molar-refractivity contribution >= 4 is 0 Å². The smallest absolute Gasteiger partial charge is 0.0581 e. The van der Waals surface area contributed by atoms with Gasteiger partial charge in [0.2, 0.25) is 0 Å². The van der Waals surface area contributed by atoms with Gasteiger partial charge in [-0.2, -0.15) is 0 Å². The molecule has 0 spiro atoms. The van der Waals surface area contributed by atoms with Gasteiger partial charge in [0.25, 0.3) is 0 Å². The van der Waals surface area contributed by atoms with E-state index in [4.69, 9.17) is 5.11 Å². The molecule has 16 heavy (non-hydrogen) atoms. The largest absolute Gasteiger partial charge is 0.395 e. The molecule has 0 bridgehead atoms. The maximum atomic E-state index is 8.94. The molecule has 0 radical (unpaired) electrons. The number of hydrogen-bond donors (Lipinski definition) is 2. The van der Waals surface area contributed by atoms with E-state index >= 15 is 0 Å². The lowest BCUT2D eigenvalue weighted by molar-refractivity contribution is 0.221. The molecule has 0 aromatic rings. The summed E-state index contributed by atoms with van der Waals surface area (Å²) >= 11 is 0. The van der Waals surface area contributed by atoms with E-state index in [2.05, 4.69) is 12.2 Å². The molecule has 0 heterocycles. The predicted octanol–water partition coefficient (Wildman–Crippen LogP) is 2.95. The number of hydrogen-bond acceptors (Lipinski definition) is 2. The monoisotopic (exact) mass is 227 g/mol. The second-order valence-corrected chi connectivity index (χ2v) is 5.52. The van der Waals surface area contributed by atoms with Gasteiger partial charge in [0.15, 0.2) is 0 Å². The fourth-order valence-corrected chi connectivity index (χ4v) is 2.65. The topological polar surface area (TPSA) is 32.3 Å². The lowest BCUT2D eigenvalue weighted by Crippen LogP contribution is -2.34. The third-order valence-electron chi connectivity index (χ3n) is 3.96. The predicted molar refractivity (Wildman–Crippen MR) is 69.5 cm³/mol. The molecule has 1 atom stereocenters. The first kappa shape index (κ1) is 14.0. The Morgan fingerprint density at radius 3 is 2.38 bits per heavy atom. The van der Waals surface area contributed by atoms with Crippen LogP contribution < -0.4 is 5.32 Å². The summed E-state index contributed by atoms with van der Waals surface area (Å²) < 4.78 is 0. The van der Waals surface area contributed by atoms with E-state index < -0.39 is 0 Å². The van der Waals surface area contributed by atoms with E-state index in [0.29, 0.717) is 0 Å². The summed E-state index contributed by atoms with van der Waals surface area (Å²) in [7, 11) is 0. The average molecular weight is 227 g/mol. The standard InChI is InChI=1S/C14H29NO/c1-3-4-5-13-6-8-14(9-7-13)10-15-12(2)11-16/h12-16H,3-11H2,1-2H3. The molecule has 1 unspecified atom stereocenters. The molecule has 1 aliphatic rings. The first-order valence-corrected chi connectivity index (χ1v) is 7.10. The lowest BCUT2D eigenvalue weighted by atomic mass is 9.80. The van der Waals surface area contributed by atoms with Crippen LogP contribution in [0.15, 0.2) is 0 Å². The summed E-state index contributed by atoms with van der Waals surface area (Å²) in [6.07, 6.45) is 9.84. The van der Waals surface area contributed by atoms with Crippen LogP contribution in [0.5, 0.6) is 0 Å². The molecule has 0 aromatic carbocycles. The van der Waals surface area contributed by atoms with Crippen molar-refractivity contribution in [1.29, 1.82) is 0 Å². The van der Waals surface area contributed by atoms with Gasteiger partial charge >= 0.3 is 0 Å². The summed E-state index contributed by atoms with van der Waals surface area (Å²) in [5.41, 5.74) is 0. The maximum absolute atomic E-state index is 8.94. The van der Waals surface area contributed by atoms with Gasteiger partial charge < -0.3 is 10.4 Å². The molecule has 2 N–H and O–H groups in total. The molecule has 0 saturated heterocycles. The van der Waals surface area contributed by atoms with E-state index in [0.717, 1.165) is 18.4 Å². The fourth-order valence-electron chi connectivity index (χ4n) is 2.65. The normalized spacial score (nSPS) is 27.9. The second-order valence-electron chi connectivity index (χ2n) is 5.52. The highest BCUT2D eigenvalue weighted by molar-refractivity contribution is 4.75. The van der Waals surface area contributed by atoms with Crippen LogP contribution in [0.4, 0.5) is 0 Å². The van der Waals surface area contributed by atoms with Crippen molar-refractivity contribution in [2.24, 2.45) is 11.8 Å². The van der Waals surface area contributed by atoms with Crippen LogP contribution in [0.1, 0.15) is 58.8 Å². The van der Waals surface area contributed by atoms with Crippen LogP contribution in [0.3, 0.4) is 0 Å². The van der Waals surface area contributed by atoms with Crippen LogP contribution in [0.25, 0.3) is 0 Å². The summed E-state index contributed by atoms with van der Waals surface area (Å²) in [5.74, 6) is 1.86. The average Bonchev–Trinajstić information content (AvgIpc) is 2.34. The molecular formula is C14H29NO. The van der Waals surface area contributed by atoms with Gasteiger partial charge in [-0.1, -0.05) is 39.0 Å².